The first-order valence-electron chi connectivity index (χ1n) is 14.8. The summed E-state index contributed by atoms with van der Waals surface area (Å²) in [5.74, 6) is -8.91. The van der Waals surface area contributed by atoms with Gasteiger partial charge in [-0.25, -0.2) is 8.78 Å². The lowest BCUT2D eigenvalue weighted by atomic mass is 9.75. The van der Waals surface area contributed by atoms with E-state index in [1.54, 1.807) is 0 Å². The fourth-order valence-electron chi connectivity index (χ4n) is 5.56. The van der Waals surface area contributed by atoms with Crippen molar-refractivity contribution in [3.05, 3.63) is 29.3 Å². The van der Waals surface area contributed by atoms with Crippen molar-refractivity contribution in [2.45, 2.75) is 83.5 Å². The van der Waals surface area contributed by atoms with Gasteiger partial charge in [0.2, 0.25) is 23.3 Å². The van der Waals surface area contributed by atoms with Crippen molar-refractivity contribution in [2.75, 3.05) is 33.0 Å². The van der Waals surface area contributed by atoms with Crippen LogP contribution in [0.1, 0.15) is 83.5 Å². The Hall–Kier alpha value is -2.53. The fourth-order valence-corrected chi connectivity index (χ4v) is 5.56. The molecule has 1 N–H and O–H groups in total. The van der Waals surface area contributed by atoms with Crippen molar-refractivity contribution in [2.24, 2.45) is 17.8 Å². The van der Waals surface area contributed by atoms with E-state index in [-0.39, 0.29) is 56.2 Å². The zero-order chi connectivity index (χ0) is 29.6. The second-order valence-electron chi connectivity index (χ2n) is 10.9. The van der Waals surface area contributed by atoms with E-state index >= 15 is 0 Å². The number of esters is 1. The van der Waals surface area contributed by atoms with Crippen LogP contribution in [0.5, 0.6) is 5.75 Å². The Morgan fingerprint density at radius 3 is 1.80 bits per heavy atom. The zero-order valence-electron chi connectivity index (χ0n) is 23.5. The molecule has 0 heterocycles. The van der Waals surface area contributed by atoms with Gasteiger partial charge in [-0.2, -0.15) is 8.78 Å². The van der Waals surface area contributed by atoms with Gasteiger partial charge in [-0.1, -0.05) is 38.5 Å². The van der Waals surface area contributed by atoms with Gasteiger partial charge in [0.05, 0.1) is 32.8 Å². The molecule has 41 heavy (non-hydrogen) atoms. The lowest BCUT2D eigenvalue weighted by molar-refractivity contribution is -0.136. The average molecular weight is 588 g/mol. The maximum Gasteiger partial charge on any atom is 0.313 e. The normalized spacial score (nSPS) is 20.5. The van der Waals surface area contributed by atoms with E-state index in [1.807, 2.05) is 0 Å². The molecular weight excluding hydrogens is 546 g/mol. The maximum atomic E-state index is 13.5. The number of hydrogen-bond acceptors (Lipinski definition) is 6. The second-order valence-corrected chi connectivity index (χ2v) is 10.9. The molecule has 0 radical (unpaired) electrons. The first-order chi connectivity index (χ1) is 19.8. The van der Waals surface area contributed by atoms with E-state index in [1.165, 1.54) is 25.7 Å². The SMILES string of the molecule is O=C(CCOCCOCCNC(=O)C1CCC(C(=O)C2CCCCCCCC2)CC1)Oc1c(F)c(F)cc(F)c1F. The topological polar surface area (TPSA) is 90.9 Å². The molecule has 0 aromatic heterocycles. The van der Waals surface area contributed by atoms with Crippen molar-refractivity contribution in [3.8, 4) is 5.75 Å². The van der Waals surface area contributed by atoms with Crippen molar-refractivity contribution >= 4 is 17.7 Å². The minimum Gasteiger partial charge on any atom is -0.420 e. The van der Waals surface area contributed by atoms with E-state index in [0.29, 0.717) is 12.3 Å². The molecule has 2 aliphatic rings. The monoisotopic (exact) mass is 587 g/mol. The Bertz CT molecular complexity index is 979. The molecule has 230 valence electrons. The Morgan fingerprint density at radius 2 is 1.20 bits per heavy atom. The van der Waals surface area contributed by atoms with Crippen LogP contribution in [-0.4, -0.2) is 50.6 Å². The van der Waals surface area contributed by atoms with Gasteiger partial charge in [0.25, 0.3) is 0 Å². The number of benzene rings is 1. The third kappa shape index (κ3) is 10.7. The highest BCUT2D eigenvalue weighted by Gasteiger charge is 2.33. The molecule has 0 atom stereocenters. The van der Waals surface area contributed by atoms with Gasteiger partial charge in [-0.3, -0.25) is 14.4 Å². The summed E-state index contributed by atoms with van der Waals surface area (Å²) in [5.41, 5.74) is 0. The molecule has 1 amide bonds. The largest absolute Gasteiger partial charge is 0.420 e. The highest BCUT2D eigenvalue weighted by Crippen LogP contribution is 2.34. The van der Waals surface area contributed by atoms with Crippen LogP contribution in [0.15, 0.2) is 6.07 Å². The van der Waals surface area contributed by atoms with Crippen LogP contribution >= 0.6 is 0 Å². The smallest absolute Gasteiger partial charge is 0.313 e. The number of rotatable bonds is 13. The van der Waals surface area contributed by atoms with Crippen LogP contribution in [0.3, 0.4) is 0 Å². The Kier molecular flexibility index (Phi) is 14.0. The molecule has 1 aromatic rings. The number of Topliss-reactive ketones (excluding diaryl/α,β-unsaturated/α-hetero) is 1. The van der Waals surface area contributed by atoms with Gasteiger partial charge in [0.1, 0.15) is 5.78 Å². The van der Waals surface area contributed by atoms with Crippen LogP contribution < -0.4 is 10.1 Å². The quantitative estimate of drug-likeness (QED) is 0.103. The number of halogens is 4. The molecular formula is C30H41F4NO6. The molecule has 2 fully saturated rings. The predicted molar refractivity (Wildman–Crippen MR) is 142 cm³/mol. The molecule has 2 saturated carbocycles. The van der Waals surface area contributed by atoms with Gasteiger partial charge in [0.15, 0.2) is 11.6 Å². The van der Waals surface area contributed by atoms with Gasteiger partial charge < -0.3 is 19.5 Å². The van der Waals surface area contributed by atoms with E-state index in [4.69, 9.17) is 9.47 Å². The number of carbonyl (C=O) groups excluding carboxylic acids is 3. The summed E-state index contributed by atoms with van der Waals surface area (Å²) in [6.45, 7) is 0.713. The van der Waals surface area contributed by atoms with Crippen LogP contribution in [0.25, 0.3) is 0 Å². The number of amides is 1. The molecule has 0 saturated heterocycles. The number of carbonyl (C=O) groups is 3. The maximum absolute atomic E-state index is 13.5. The molecule has 0 bridgehead atoms. The van der Waals surface area contributed by atoms with Gasteiger partial charge >= 0.3 is 5.97 Å². The molecule has 7 nitrogen and oxygen atoms in total. The summed E-state index contributed by atoms with van der Waals surface area (Å²) in [6.07, 6.45) is 11.9. The lowest BCUT2D eigenvalue weighted by Gasteiger charge is -2.29. The third-order valence-corrected chi connectivity index (χ3v) is 7.91. The van der Waals surface area contributed by atoms with Crippen molar-refractivity contribution in [1.29, 1.82) is 0 Å². The Balaban J connectivity index is 1.21. The summed E-state index contributed by atoms with van der Waals surface area (Å²) in [5, 5.41) is 2.87. The lowest BCUT2D eigenvalue weighted by Crippen LogP contribution is -2.37. The highest BCUT2D eigenvalue weighted by molar-refractivity contribution is 5.84. The Morgan fingerprint density at radius 1 is 0.683 bits per heavy atom. The molecule has 0 spiro atoms. The third-order valence-electron chi connectivity index (χ3n) is 7.91. The van der Waals surface area contributed by atoms with Crippen LogP contribution in [-0.2, 0) is 23.9 Å². The molecule has 0 unspecified atom stereocenters. The molecule has 1 aromatic carbocycles. The molecule has 0 aliphatic heterocycles. The summed E-state index contributed by atoms with van der Waals surface area (Å²) in [4.78, 5) is 37.3. The summed E-state index contributed by atoms with van der Waals surface area (Å²) >= 11 is 0. The first kappa shape index (κ1) is 33.0. The molecule has 2 aliphatic carbocycles. The van der Waals surface area contributed by atoms with Crippen molar-refractivity contribution in [1.82, 2.24) is 5.32 Å². The predicted octanol–water partition coefficient (Wildman–Crippen LogP) is 5.81. The van der Waals surface area contributed by atoms with Crippen LogP contribution in [0, 0.1) is 41.0 Å². The summed E-state index contributed by atoms with van der Waals surface area (Å²) in [6, 6.07) is 0.0193. The molecule has 11 heteroatoms. The van der Waals surface area contributed by atoms with Crippen LogP contribution in [0.4, 0.5) is 17.6 Å². The van der Waals surface area contributed by atoms with Gasteiger partial charge in [-0.05, 0) is 38.5 Å². The van der Waals surface area contributed by atoms with Crippen molar-refractivity contribution in [3.63, 3.8) is 0 Å². The average Bonchev–Trinajstić information content (AvgIpc) is 3.11. The van der Waals surface area contributed by atoms with Crippen LogP contribution in [0.2, 0.25) is 0 Å². The minimum atomic E-state index is -1.79. The van der Waals surface area contributed by atoms with E-state index in [2.05, 4.69) is 10.1 Å². The van der Waals surface area contributed by atoms with E-state index in [9.17, 15) is 31.9 Å². The summed E-state index contributed by atoms with van der Waals surface area (Å²) in [7, 11) is 0. The highest BCUT2D eigenvalue weighted by atomic mass is 19.2. The zero-order valence-corrected chi connectivity index (χ0v) is 23.5. The van der Waals surface area contributed by atoms with Gasteiger partial charge in [-0.15, -0.1) is 0 Å². The Labute approximate surface area is 238 Å². The number of ether oxygens (including phenoxy) is 3. The minimum absolute atomic E-state index is 0.0193. The number of nitrogens with one attached hydrogen (secondary N) is 1. The van der Waals surface area contributed by atoms with E-state index in [0.717, 1.165) is 51.4 Å². The second kappa shape index (κ2) is 17.4. The van der Waals surface area contributed by atoms with Gasteiger partial charge in [0, 0.05) is 30.4 Å². The fraction of sp³-hybridized carbons (Fsp3) is 0.700. The number of ketones is 1. The first-order valence-corrected chi connectivity index (χ1v) is 14.8. The standard InChI is InChI=1S/C30H41F4NO6/c31-23-19-24(32)27(34)29(26(23)33)41-25(36)13-15-39-17-18-40-16-14-35-30(38)22-11-9-21(10-12-22)28(37)20-7-5-3-1-2-4-6-8-20/h19-22H,1-18H2,(H,35,38). The van der Waals surface area contributed by atoms with E-state index < -0.39 is 41.4 Å². The summed E-state index contributed by atoms with van der Waals surface area (Å²) < 4.78 is 68.4. The molecule has 3 rings (SSSR count). The number of hydrogen-bond donors (Lipinski definition) is 1. The van der Waals surface area contributed by atoms with Crippen molar-refractivity contribution < 1.29 is 46.2 Å².